The van der Waals surface area contributed by atoms with Gasteiger partial charge in [0.05, 0.1) is 0 Å². The third-order valence-corrected chi connectivity index (χ3v) is 4.34. The Bertz CT molecular complexity index is 145. The van der Waals surface area contributed by atoms with Crippen molar-refractivity contribution >= 4 is 0 Å². The lowest BCUT2D eigenvalue weighted by molar-refractivity contribution is -0.0411. The van der Waals surface area contributed by atoms with Crippen LogP contribution in [0.5, 0.6) is 0 Å². The maximum Gasteiger partial charge on any atom is -0.0318 e. The second kappa shape index (κ2) is 2.49. The highest BCUT2D eigenvalue weighted by atomic mass is 14.5. The predicted molar refractivity (Wildman–Crippen MR) is 53.0 cm³/mol. The summed E-state index contributed by atoms with van der Waals surface area (Å²) in [4.78, 5) is 0. The molecule has 0 saturated heterocycles. The molecule has 4 aliphatic carbocycles. The average molecular weight is 166 g/mol. The zero-order valence-corrected chi connectivity index (χ0v) is 7.47. The zero-order valence-electron chi connectivity index (χ0n) is 7.47. The van der Waals surface area contributed by atoms with Crippen LogP contribution in [0.2, 0.25) is 0 Å². The van der Waals surface area contributed by atoms with Gasteiger partial charge in [0.2, 0.25) is 0 Å². The molecule has 4 rings (SSSR count). The Labute approximate surface area is 76.7 Å². The molecule has 0 unspecified atom stereocenters. The summed E-state index contributed by atoms with van der Waals surface area (Å²) in [6.07, 6.45) is 9.48. The van der Waals surface area contributed by atoms with E-state index in [0.29, 0.717) is 0 Å². The first-order chi connectivity index (χ1) is 5.23. The van der Waals surface area contributed by atoms with E-state index < -0.39 is 0 Å². The molecule has 4 saturated carbocycles. The van der Waals surface area contributed by atoms with Crippen molar-refractivity contribution in [3.05, 3.63) is 0 Å². The number of hydrogen-bond donors (Lipinski definition) is 0. The highest BCUT2D eigenvalue weighted by Gasteiger charge is 2.48. The first kappa shape index (κ1) is 8.59. The molecule has 0 spiro atoms. The second-order valence-corrected chi connectivity index (χ2v) is 5.73. The maximum atomic E-state index is 2.54. The number of hydrogen-bond acceptors (Lipinski definition) is 0. The Morgan fingerprint density at radius 3 is 1.42 bits per heavy atom. The molecular formula is C12H22. The van der Waals surface area contributed by atoms with Crippen LogP contribution in [0, 0.1) is 23.2 Å². The van der Waals surface area contributed by atoms with Gasteiger partial charge in [-0.1, -0.05) is 14.4 Å². The Balaban J connectivity index is 0.000000563. The Kier molecular flexibility index (Phi) is 1.79. The first-order valence-corrected chi connectivity index (χ1v) is 5.23. The maximum absolute atomic E-state index is 2.54. The van der Waals surface area contributed by atoms with Gasteiger partial charge in [0.25, 0.3) is 0 Å². The molecule has 4 fully saturated rings. The Morgan fingerprint density at radius 1 is 0.833 bits per heavy atom. The lowest BCUT2D eigenvalue weighted by Crippen LogP contribution is -2.44. The quantitative estimate of drug-likeness (QED) is 0.512. The van der Waals surface area contributed by atoms with Gasteiger partial charge in [0.1, 0.15) is 0 Å². The molecule has 0 aliphatic heterocycles. The van der Waals surface area contributed by atoms with E-state index in [4.69, 9.17) is 0 Å². The fourth-order valence-electron chi connectivity index (χ4n) is 4.54. The molecule has 4 bridgehead atoms. The molecule has 0 N–H and O–H groups in total. The van der Waals surface area contributed by atoms with E-state index in [2.05, 4.69) is 6.92 Å². The number of rotatable bonds is 0. The van der Waals surface area contributed by atoms with Gasteiger partial charge in [-0.15, -0.1) is 0 Å². The molecule has 0 amide bonds. The molecule has 0 heterocycles. The largest absolute Gasteiger partial charge is 0.0776 e. The average Bonchev–Trinajstić information content (AvgIpc) is 1.79. The zero-order chi connectivity index (χ0) is 7.47. The summed E-state index contributed by atoms with van der Waals surface area (Å²) in [5.41, 5.74) is 0.800. The molecule has 0 aromatic heterocycles. The minimum absolute atomic E-state index is 0. The summed E-state index contributed by atoms with van der Waals surface area (Å²) < 4.78 is 0. The molecule has 0 atom stereocenters. The molecule has 4 aliphatic rings. The lowest BCUT2D eigenvalue weighted by atomic mass is 9.50. The third kappa shape index (κ3) is 1.11. The molecular weight excluding hydrogens is 144 g/mol. The monoisotopic (exact) mass is 166 g/mol. The molecule has 12 heavy (non-hydrogen) atoms. The van der Waals surface area contributed by atoms with Crippen molar-refractivity contribution in [2.45, 2.75) is 52.9 Å². The van der Waals surface area contributed by atoms with Gasteiger partial charge in [-0.05, 0) is 61.7 Å². The van der Waals surface area contributed by atoms with Crippen molar-refractivity contribution in [3.8, 4) is 0 Å². The van der Waals surface area contributed by atoms with Gasteiger partial charge in [-0.2, -0.15) is 0 Å². The van der Waals surface area contributed by atoms with Crippen LogP contribution < -0.4 is 0 Å². The van der Waals surface area contributed by atoms with Crippen molar-refractivity contribution in [2.24, 2.45) is 23.2 Å². The Morgan fingerprint density at radius 2 is 1.17 bits per heavy atom. The van der Waals surface area contributed by atoms with Crippen LogP contribution in [0.15, 0.2) is 0 Å². The fourth-order valence-corrected chi connectivity index (χ4v) is 4.54. The normalized spacial score (nSPS) is 55.2. The van der Waals surface area contributed by atoms with Gasteiger partial charge in [-0.3, -0.25) is 0 Å². The van der Waals surface area contributed by atoms with Crippen molar-refractivity contribution < 1.29 is 0 Å². The highest BCUT2D eigenvalue weighted by Crippen LogP contribution is 2.59. The summed E-state index contributed by atoms with van der Waals surface area (Å²) in [5, 5.41) is 0. The van der Waals surface area contributed by atoms with E-state index in [-0.39, 0.29) is 7.43 Å². The van der Waals surface area contributed by atoms with Crippen LogP contribution in [-0.2, 0) is 0 Å². The minimum atomic E-state index is 0. The third-order valence-electron chi connectivity index (χ3n) is 4.34. The van der Waals surface area contributed by atoms with Gasteiger partial charge < -0.3 is 0 Å². The van der Waals surface area contributed by atoms with E-state index >= 15 is 0 Å². The molecule has 0 heteroatoms. The van der Waals surface area contributed by atoms with Crippen LogP contribution in [0.1, 0.15) is 52.9 Å². The van der Waals surface area contributed by atoms with Crippen LogP contribution >= 0.6 is 0 Å². The predicted octanol–water partition coefficient (Wildman–Crippen LogP) is 3.86. The van der Waals surface area contributed by atoms with Crippen molar-refractivity contribution in [3.63, 3.8) is 0 Å². The van der Waals surface area contributed by atoms with Crippen LogP contribution in [0.25, 0.3) is 0 Å². The van der Waals surface area contributed by atoms with Crippen molar-refractivity contribution in [1.29, 1.82) is 0 Å². The SMILES string of the molecule is C.CC12CC3CC(CC(C3)C1)C2. The molecule has 70 valence electrons. The second-order valence-electron chi connectivity index (χ2n) is 5.73. The smallest absolute Gasteiger partial charge is 0.0318 e. The highest BCUT2D eigenvalue weighted by molar-refractivity contribution is 4.99. The molecule has 0 radical (unpaired) electrons. The first-order valence-electron chi connectivity index (χ1n) is 5.23. The molecule has 0 aromatic carbocycles. The van der Waals surface area contributed by atoms with Gasteiger partial charge in [-0.25, -0.2) is 0 Å². The molecule has 0 nitrogen and oxygen atoms in total. The summed E-state index contributed by atoms with van der Waals surface area (Å²) in [5.74, 6) is 3.43. The Hall–Kier alpha value is 0. The summed E-state index contributed by atoms with van der Waals surface area (Å²) in [7, 11) is 0. The topological polar surface area (TPSA) is 0 Å². The van der Waals surface area contributed by atoms with E-state index in [0.717, 1.165) is 23.2 Å². The van der Waals surface area contributed by atoms with Gasteiger partial charge in [0.15, 0.2) is 0 Å². The van der Waals surface area contributed by atoms with Crippen molar-refractivity contribution in [1.82, 2.24) is 0 Å². The van der Waals surface area contributed by atoms with Gasteiger partial charge in [0, 0.05) is 0 Å². The lowest BCUT2D eigenvalue weighted by Gasteiger charge is -2.55. The van der Waals surface area contributed by atoms with Crippen LogP contribution in [-0.4, -0.2) is 0 Å². The standard InChI is InChI=1S/C11H18.CH4/c1-11-5-8-2-9(6-11)4-10(3-8)7-11;/h8-10H,2-7H2,1H3;1H4. The van der Waals surface area contributed by atoms with E-state index in [1.54, 1.807) is 38.5 Å². The van der Waals surface area contributed by atoms with E-state index in [1.807, 2.05) is 0 Å². The van der Waals surface area contributed by atoms with E-state index in [1.165, 1.54) is 0 Å². The fraction of sp³-hybridized carbons (Fsp3) is 1.00. The van der Waals surface area contributed by atoms with Gasteiger partial charge >= 0.3 is 0 Å². The summed E-state index contributed by atoms with van der Waals surface area (Å²) in [6, 6.07) is 0. The minimum Gasteiger partial charge on any atom is -0.0776 e. The summed E-state index contributed by atoms with van der Waals surface area (Å²) >= 11 is 0. The van der Waals surface area contributed by atoms with E-state index in [9.17, 15) is 0 Å². The van der Waals surface area contributed by atoms with Crippen LogP contribution in [0.4, 0.5) is 0 Å². The van der Waals surface area contributed by atoms with Crippen LogP contribution in [0.3, 0.4) is 0 Å². The molecule has 0 aromatic rings. The summed E-state index contributed by atoms with van der Waals surface area (Å²) in [6.45, 7) is 2.54. The van der Waals surface area contributed by atoms with Crippen molar-refractivity contribution in [2.75, 3.05) is 0 Å².